The fraction of sp³-hybridized carbons (Fsp3) is 0.368. The number of nitrogens with one attached hydrogen (secondary N) is 2. The average molecular weight is 394 g/mol. The molecule has 1 saturated heterocycles. The number of nitrogens with zero attached hydrogens (tertiary/aromatic N) is 2. The molecule has 28 heavy (non-hydrogen) atoms. The van der Waals surface area contributed by atoms with Crippen LogP contribution in [0.1, 0.15) is 12.8 Å². The van der Waals surface area contributed by atoms with Crippen LogP contribution in [0, 0.1) is 0 Å². The molecule has 1 aliphatic rings. The molecule has 9 heteroatoms. The van der Waals surface area contributed by atoms with Crippen molar-refractivity contribution in [2.75, 3.05) is 29.9 Å². The second-order valence-electron chi connectivity index (χ2n) is 6.45. The highest BCUT2D eigenvalue weighted by molar-refractivity contribution is 5.91. The number of benzene rings is 1. The van der Waals surface area contributed by atoms with Gasteiger partial charge in [0.15, 0.2) is 6.61 Å². The first-order valence-corrected chi connectivity index (χ1v) is 8.93. The van der Waals surface area contributed by atoms with Gasteiger partial charge in [-0.05, 0) is 37.1 Å². The standard InChI is InChI=1S/C19H21F3N4O2/c20-19(21,22)13-28-16-6-2-1-5-15(16)25-18(27)24-14-8-11-26(12-9-14)17-7-3-4-10-23-17/h1-7,10,14H,8-9,11-13H2,(H2,24,25,27). The number of pyridine rings is 1. The fourth-order valence-electron chi connectivity index (χ4n) is 2.99. The van der Waals surface area contributed by atoms with E-state index in [4.69, 9.17) is 4.74 Å². The van der Waals surface area contributed by atoms with E-state index in [0.717, 1.165) is 31.7 Å². The van der Waals surface area contributed by atoms with Crippen LogP contribution >= 0.6 is 0 Å². The third-order valence-corrected chi connectivity index (χ3v) is 4.33. The van der Waals surface area contributed by atoms with Crippen molar-refractivity contribution in [1.82, 2.24) is 10.3 Å². The predicted octanol–water partition coefficient (Wildman–Crippen LogP) is 3.81. The Kier molecular flexibility index (Phi) is 6.23. The van der Waals surface area contributed by atoms with Gasteiger partial charge in [0.25, 0.3) is 0 Å². The second kappa shape index (κ2) is 8.81. The van der Waals surface area contributed by atoms with E-state index in [2.05, 4.69) is 20.5 Å². The van der Waals surface area contributed by atoms with Crippen LogP contribution in [0.25, 0.3) is 0 Å². The quantitative estimate of drug-likeness (QED) is 0.809. The van der Waals surface area contributed by atoms with Gasteiger partial charge in [-0.1, -0.05) is 18.2 Å². The van der Waals surface area contributed by atoms with Crippen molar-refractivity contribution in [3.05, 3.63) is 48.7 Å². The van der Waals surface area contributed by atoms with Gasteiger partial charge in [0.2, 0.25) is 0 Å². The number of piperidine rings is 1. The van der Waals surface area contributed by atoms with Crippen LogP contribution in [0.5, 0.6) is 5.75 Å². The van der Waals surface area contributed by atoms with Gasteiger partial charge in [0.1, 0.15) is 11.6 Å². The zero-order valence-corrected chi connectivity index (χ0v) is 15.1. The number of aromatic nitrogens is 1. The normalized spacial score (nSPS) is 15.2. The van der Waals surface area contributed by atoms with Crippen LogP contribution < -0.4 is 20.3 Å². The number of alkyl halides is 3. The van der Waals surface area contributed by atoms with E-state index in [0.29, 0.717) is 0 Å². The Labute approximate surface area is 160 Å². The summed E-state index contributed by atoms with van der Waals surface area (Å²) in [7, 11) is 0. The molecule has 150 valence electrons. The van der Waals surface area contributed by atoms with Gasteiger partial charge in [-0.15, -0.1) is 0 Å². The molecule has 2 heterocycles. The van der Waals surface area contributed by atoms with Gasteiger partial charge in [-0.2, -0.15) is 13.2 Å². The van der Waals surface area contributed by atoms with Gasteiger partial charge in [-0.25, -0.2) is 9.78 Å². The molecule has 1 aromatic carbocycles. The van der Waals surface area contributed by atoms with Crippen molar-refractivity contribution in [3.8, 4) is 5.75 Å². The van der Waals surface area contributed by atoms with Crippen LogP contribution in [-0.4, -0.2) is 42.9 Å². The lowest BCUT2D eigenvalue weighted by Gasteiger charge is -2.33. The van der Waals surface area contributed by atoms with E-state index in [1.807, 2.05) is 18.2 Å². The van der Waals surface area contributed by atoms with E-state index < -0.39 is 18.8 Å². The highest BCUT2D eigenvalue weighted by Crippen LogP contribution is 2.26. The zero-order valence-electron chi connectivity index (χ0n) is 15.1. The Morgan fingerprint density at radius 2 is 1.86 bits per heavy atom. The molecule has 1 aromatic heterocycles. The topological polar surface area (TPSA) is 66.5 Å². The first kappa shape index (κ1) is 19.8. The van der Waals surface area contributed by atoms with Crippen LogP contribution in [0.3, 0.4) is 0 Å². The molecule has 0 unspecified atom stereocenters. The Hall–Kier alpha value is -2.97. The van der Waals surface area contributed by atoms with Crippen LogP contribution in [0.15, 0.2) is 48.7 Å². The molecular weight excluding hydrogens is 373 g/mol. The number of hydrogen-bond acceptors (Lipinski definition) is 4. The van der Waals surface area contributed by atoms with E-state index in [1.54, 1.807) is 18.3 Å². The van der Waals surface area contributed by atoms with Crippen LogP contribution in [0.2, 0.25) is 0 Å². The Balaban J connectivity index is 1.50. The summed E-state index contributed by atoms with van der Waals surface area (Å²) in [6.45, 7) is 0.0970. The largest absolute Gasteiger partial charge is 0.482 e. The number of anilines is 2. The van der Waals surface area contributed by atoms with Gasteiger partial charge in [0, 0.05) is 25.3 Å². The average Bonchev–Trinajstić information content (AvgIpc) is 2.68. The maximum Gasteiger partial charge on any atom is 0.422 e. The fourth-order valence-corrected chi connectivity index (χ4v) is 2.99. The Bertz CT molecular complexity index is 778. The molecule has 6 nitrogen and oxygen atoms in total. The van der Waals surface area contributed by atoms with Gasteiger partial charge < -0.3 is 20.3 Å². The Morgan fingerprint density at radius 1 is 1.14 bits per heavy atom. The molecule has 0 saturated carbocycles. The molecule has 3 rings (SSSR count). The summed E-state index contributed by atoms with van der Waals surface area (Å²) in [6.07, 6.45) is -1.21. The van der Waals surface area contributed by atoms with Crippen molar-refractivity contribution in [1.29, 1.82) is 0 Å². The molecule has 1 aliphatic heterocycles. The molecule has 0 spiro atoms. The van der Waals surface area contributed by atoms with Gasteiger partial charge >= 0.3 is 12.2 Å². The predicted molar refractivity (Wildman–Crippen MR) is 99.6 cm³/mol. The number of ether oxygens (including phenoxy) is 1. The maximum absolute atomic E-state index is 12.4. The van der Waals surface area contributed by atoms with E-state index in [-0.39, 0.29) is 17.5 Å². The molecule has 2 amide bonds. The number of urea groups is 1. The third kappa shape index (κ3) is 5.77. The van der Waals surface area contributed by atoms with Gasteiger partial charge in [-0.3, -0.25) is 0 Å². The monoisotopic (exact) mass is 394 g/mol. The highest BCUT2D eigenvalue weighted by Gasteiger charge is 2.29. The first-order valence-electron chi connectivity index (χ1n) is 8.93. The zero-order chi connectivity index (χ0) is 20.0. The van der Waals surface area contributed by atoms with Crippen molar-refractivity contribution in [2.45, 2.75) is 25.1 Å². The first-order chi connectivity index (χ1) is 13.4. The Morgan fingerprint density at radius 3 is 2.54 bits per heavy atom. The summed E-state index contributed by atoms with van der Waals surface area (Å²) in [5, 5.41) is 5.43. The number of halogens is 3. The minimum Gasteiger partial charge on any atom is -0.482 e. The number of para-hydroxylation sites is 2. The number of carbonyl (C=O) groups is 1. The summed E-state index contributed by atoms with van der Waals surface area (Å²) in [6, 6.07) is 11.3. The molecule has 2 N–H and O–H groups in total. The summed E-state index contributed by atoms with van der Waals surface area (Å²) in [5.74, 6) is 0.876. The number of hydrogen-bond donors (Lipinski definition) is 2. The molecule has 0 radical (unpaired) electrons. The lowest BCUT2D eigenvalue weighted by Crippen LogP contribution is -2.46. The lowest BCUT2D eigenvalue weighted by atomic mass is 10.1. The minimum absolute atomic E-state index is 0.0248. The molecule has 1 fully saturated rings. The van der Waals surface area contributed by atoms with Crippen LogP contribution in [0.4, 0.5) is 29.5 Å². The second-order valence-corrected chi connectivity index (χ2v) is 6.45. The molecule has 0 bridgehead atoms. The van der Waals surface area contributed by atoms with Crippen molar-refractivity contribution < 1.29 is 22.7 Å². The molecular formula is C19H21F3N4O2. The number of amides is 2. The summed E-state index contributed by atoms with van der Waals surface area (Å²) < 4.78 is 41.9. The van der Waals surface area contributed by atoms with Crippen molar-refractivity contribution in [3.63, 3.8) is 0 Å². The smallest absolute Gasteiger partial charge is 0.422 e. The third-order valence-electron chi connectivity index (χ3n) is 4.33. The number of carbonyl (C=O) groups excluding carboxylic acids is 1. The molecule has 0 aliphatic carbocycles. The molecule has 2 aromatic rings. The van der Waals surface area contributed by atoms with Gasteiger partial charge in [0.05, 0.1) is 5.69 Å². The van der Waals surface area contributed by atoms with Crippen LogP contribution in [-0.2, 0) is 0 Å². The highest BCUT2D eigenvalue weighted by atomic mass is 19.4. The summed E-state index contributed by atoms with van der Waals surface area (Å²) in [4.78, 5) is 18.7. The lowest BCUT2D eigenvalue weighted by molar-refractivity contribution is -0.153. The SMILES string of the molecule is O=C(Nc1ccccc1OCC(F)(F)F)NC1CCN(c2ccccn2)CC1. The van der Waals surface area contributed by atoms with Crippen molar-refractivity contribution >= 4 is 17.5 Å². The summed E-state index contributed by atoms with van der Waals surface area (Å²) in [5.41, 5.74) is 0.190. The van der Waals surface area contributed by atoms with E-state index >= 15 is 0 Å². The maximum atomic E-state index is 12.4. The number of rotatable bonds is 5. The van der Waals surface area contributed by atoms with E-state index in [1.165, 1.54) is 12.1 Å². The van der Waals surface area contributed by atoms with E-state index in [9.17, 15) is 18.0 Å². The van der Waals surface area contributed by atoms with Crippen molar-refractivity contribution in [2.24, 2.45) is 0 Å². The summed E-state index contributed by atoms with van der Waals surface area (Å²) >= 11 is 0. The minimum atomic E-state index is -4.45. The molecule has 0 atom stereocenters.